The molecule has 1 saturated carbocycles. The molecule has 0 amide bonds. The highest BCUT2D eigenvalue weighted by molar-refractivity contribution is 5.19. The molecule has 2 fully saturated rings. The van der Waals surface area contributed by atoms with Crippen LogP contribution in [0.5, 0.6) is 0 Å². The third-order valence-corrected chi connectivity index (χ3v) is 5.18. The molecule has 0 aromatic rings. The quantitative estimate of drug-likeness (QED) is 0.683. The van der Waals surface area contributed by atoms with Crippen molar-refractivity contribution in [3.8, 4) is 0 Å². The summed E-state index contributed by atoms with van der Waals surface area (Å²) in [5.74, 6) is 2.48. The Kier molecular flexibility index (Phi) is 3.04. The molecule has 1 aliphatic heterocycles. The number of rotatable bonds is 5. The Morgan fingerprint density at radius 2 is 2.24 bits per heavy atom. The van der Waals surface area contributed by atoms with Crippen LogP contribution in [0.2, 0.25) is 0 Å². The largest absolute Gasteiger partial charge is 0.380 e. The third-order valence-electron chi connectivity index (χ3n) is 5.18. The van der Waals surface area contributed by atoms with E-state index in [1.807, 2.05) is 0 Å². The van der Waals surface area contributed by atoms with Crippen LogP contribution in [0.3, 0.4) is 0 Å². The number of fused-ring (bicyclic) bond motifs is 2. The fraction of sp³-hybridized carbons (Fsp3) is 0.867. The lowest BCUT2D eigenvalue weighted by atomic mass is 9.84. The summed E-state index contributed by atoms with van der Waals surface area (Å²) in [5, 5.41) is 0. The number of hydrogen-bond donors (Lipinski definition) is 0. The average molecular weight is 236 g/mol. The molecule has 1 unspecified atom stereocenters. The summed E-state index contributed by atoms with van der Waals surface area (Å²) >= 11 is 0. The fourth-order valence-corrected chi connectivity index (χ4v) is 3.61. The molecule has 1 heterocycles. The van der Waals surface area contributed by atoms with Gasteiger partial charge in [0.1, 0.15) is 0 Å². The van der Waals surface area contributed by atoms with E-state index in [0.717, 1.165) is 44.2 Å². The van der Waals surface area contributed by atoms with Crippen molar-refractivity contribution in [3.05, 3.63) is 11.6 Å². The summed E-state index contributed by atoms with van der Waals surface area (Å²) in [6, 6.07) is 0. The summed E-state index contributed by atoms with van der Waals surface area (Å²) in [6.45, 7) is 8.21. The van der Waals surface area contributed by atoms with Crippen LogP contribution in [0.15, 0.2) is 11.6 Å². The lowest BCUT2D eigenvalue weighted by Crippen LogP contribution is -2.46. The molecule has 17 heavy (non-hydrogen) atoms. The Hall–Kier alpha value is -0.340. The van der Waals surface area contributed by atoms with Crippen LogP contribution in [-0.4, -0.2) is 26.4 Å². The second-order valence-corrected chi connectivity index (χ2v) is 6.36. The van der Waals surface area contributed by atoms with E-state index in [1.54, 1.807) is 5.57 Å². The van der Waals surface area contributed by atoms with E-state index in [4.69, 9.17) is 9.47 Å². The zero-order valence-corrected chi connectivity index (χ0v) is 11.1. The highest BCUT2D eigenvalue weighted by atomic mass is 16.5. The molecule has 1 saturated heterocycles. The number of hydrogen-bond acceptors (Lipinski definition) is 2. The SMILES string of the molecule is CCC1(COCC2C[C@H]3C[C@@H]2C=C3C)COC1. The fourth-order valence-electron chi connectivity index (χ4n) is 3.61. The minimum atomic E-state index is 0.351. The first-order valence-corrected chi connectivity index (χ1v) is 7.06. The van der Waals surface area contributed by atoms with Crippen LogP contribution in [0.25, 0.3) is 0 Å². The first kappa shape index (κ1) is 11.7. The van der Waals surface area contributed by atoms with Crippen molar-refractivity contribution < 1.29 is 9.47 Å². The van der Waals surface area contributed by atoms with E-state index >= 15 is 0 Å². The minimum absolute atomic E-state index is 0.351. The Bertz CT molecular complexity index is 311. The van der Waals surface area contributed by atoms with Crippen molar-refractivity contribution >= 4 is 0 Å². The van der Waals surface area contributed by atoms with Crippen LogP contribution < -0.4 is 0 Å². The molecule has 2 heteroatoms. The zero-order chi connectivity index (χ0) is 11.9. The maximum atomic E-state index is 5.99. The van der Waals surface area contributed by atoms with Gasteiger partial charge in [-0.05, 0) is 43.9 Å². The van der Waals surface area contributed by atoms with Crippen LogP contribution in [0, 0.1) is 23.2 Å². The molecule has 3 atom stereocenters. The van der Waals surface area contributed by atoms with Crippen LogP contribution >= 0.6 is 0 Å². The van der Waals surface area contributed by atoms with Crippen LogP contribution in [-0.2, 0) is 9.47 Å². The number of ether oxygens (including phenoxy) is 2. The van der Waals surface area contributed by atoms with Crippen molar-refractivity contribution in [2.75, 3.05) is 26.4 Å². The predicted molar refractivity (Wildman–Crippen MR) is 67.8 cm³/mol. The molecule has 0 radical (unpaired) electrons. The first-order chi connectivity index (χ1) is 8.22. The molecular weight excluding hydrogens is 212 g/mol. The van der Waals surface area contributed by atoms with Gasteiger partial charge in [0.25, 0.3) is 0 Å². The lowest BCUT2D eigenvalue weighted by molar-refractivity contribution is -0.153. The van der Waals surface area contributed by atoms with Gasteiger partial charge in [-0.25, -0.2) is 0 Å². The van der Waals surface area contributed by atoms with E-state index in [0.29, 0.717) is 5.41 Å². The predicted octanol–water partition coefficient (Wildman–Crippen LogP) is 3.03. The van der Waals surface area contributed by atoms with E-state index in [2.05, 4.69) is 19.9 Å². The molecule has 0 N–H and O–H groups in total. The molecule has 2 bridgehead atoms. The monoisotopic (exact) mass is 236 g/mol. The second-order valence-electron chi connectivity index (χ2n) is 6.36. The van der Waals surface area contributed by atoms with Crippen molar-refractivity contribution in [1.29, 1.82) is 0 Å². The van der Waals surface area contributed by atoms with Gasteiger partial charge in [-0.1, -0.05) is 18.6 Å². The molecule has 3 rings (SSSR count). The van der Waals surface area contributed by atoms with E-state index < -0.39 is 0 Å². The standard InChI is InChI=1S/C15H24O2/c1-3-15(9-17-10-15)8-16-7-14-6-12-5-13(14)4-11(12)2/h4,12-14H,3,5-10H2,1-2H3/t12-,13+,14?/m1/s1. The Labute approximate surface area is 104 Å². The van der Waals surface area contributed by atoms with Crippen molar-refractivity contribution in [1.82, 2.24) is 0 Å². The number of allylic oxidation sites excluding steroid dienone is 2. The lowest BCUT2D eigenvalue weighted by Gasteiger charge is -2.40. The molecule has 3 aliphatic rings. The van der Waals surface area contributed by atoms with Gasteiger partial charge in [0.05, 0.1) is 19.8 Å². The average Bonchev–Trinajstić information content (AvgIpc) is 2.81. The molecule has 0 aromatic carbocycles. The van der Waals surface area contributed by atoms with Crippen molar-refractivity contribution in [2.45, 2.75) is 33.1 Å². The summed E-state index contributed by atoms with van der Waals surface area (Å²) in [4.78, 5) is 0. The Morgan fingerprint density at radius 3 is 2.71 bits per heavy atom. The third kappa shape index (κ3) is 2.06. The van der Waals surface area contributed by atoms with Crippen LogP contribution in [0.4, 0.5) is 0 Å². The van der Waals surface area contributed by atoms with Crippen molar-refractivity contribution in [2.24, 2.45) is 23.2 Å². The highest BCUT2D eigenvalue weighted by Crippen LogP contribution is 2.47. The molecular formula is C15H24O2. The molecule has 2 aliphatic carbocycles. The summed E-state index contributed by atoms with van der Waals surface area (Å²) < 4.78 is 11.3. The van der Waals surface area contributed by atoms with Gasteiger partial charge >= 0.3 is 0 Å². The Balaban J connectivity index is 1.44. The normalized spacial score (nSPS) is 38.0. The highest BCUT2D eigenvalue weighted by Gasteiger charge is 2.40. The van der Waals surface area contributed by atoms with Crippen LogP contribution in [0.1, 0.15) is 33.1 Å². The van der Waals surface area contributed by atoms with Gasteiger partial charge in [-0.15, -0.1) is 0 Å². The van der Waals surface area contributed by atoms with Gasteiger partial charge in [0.15, 0.2) is 0 Å². The summed E-state index contributed by atoms with van der Waals surface area (Å²) in [5.41, 5.74) is 1.98. The van der Waals surface area contributed by atoms with Gasteiger partial charge in [0.2, 0.25) is 0 Å². The van der Waals surface area contributed by atoms with Crippen molar-refractivity contribution in [3.63, 3.8) is 0 Å². The molecule has 0 aromatic heterocycles. The van der Waals surface area contributed by atoms with Gasteiger partial charge in [-0.3, -0.25) is 0 Å². The minimum Gasteiger partial charge on any atom is -0.380 e. The smallest absolute Gasteiger partial charge is 0.0566 e. The van der Waals surface area contributed by atoms with Gasteiger partial charge in [0, 0.05) is 12.0 Å². The molecule has 0 spiro atoms. The van der Waals surface area contributed by atoms with E-state index in [9.17, 15) is 0 Å². The van der Waals surface area contributed by atoms with E-state index in [-0.39, 0.29) is 0 Å². The maximum absolute atomic E-state index is 5.99. The Morgan fingerprint density at radius 1 is 1.41 bits per heavy atom. The molecule has 96 valence electrons. The maximum Gasteiger partial charge on any atom is 0.0566 e. The topological polar surface area (TPSA) is 18.5 Å². The molecule has 2 nitrogen and oxygen atoms in total. The zero-order valence-electron chi connectivity index (χ0n) is 11.1. The second kappa shape index (κ2) is 4.40. The van der Waals surface area contributed by atoms with Gasteiger partial charge < -0.3 is 9.47 Å². The van der Waals surface area contributed by atoms with E-state index in [1.165, 1.54) is 19.3 Å². The summed E-state index contributed by atoms with van der Waals surface area (Å²) in [6.07, 6.45) is 6.43. The summed E-state index contributed by atoms with van der Waals surface area (Å²) in [7, 11) is 0. The first-order valence-electron chi connectivity index (χ1n) is 7.06. The van der Waals surface area contributed by atoms with Gasteiger partial charge in [-0.2, -0.15) is 0 Å².